The average molecular weight is 553 g/mol. The van der Waals surface area contributed by atoms with Crippen molar-refractivity contribution in [1.29, 1.82) is 0 Å². The summed E-state index contributed by atoms with van der Waals surface area (Å²) in [5.74, 6) is -1.58. The summed E-state index contributed by atoms with van der Waals surface area (Å²) in [4.78, 5) is 57.1. The number of carboxylic acids is 2. The van der Waals surface area contributed by atoms with E-state index in [0.717, 1.165) is 11.5 Å². The number of anilines is 1. The highest BCUT2D eigenvalue weighted by atomic mass is 32.1. The number of hydrogen-bond donors (Lipinski definition) is 4. The van der Waals surface area contributed by atoms with Crippen molar-refractivity contribution < 1.29 is 29.4 Å². The Balaban J connectivity index is 1.66. The number of rotatable bonds is 13. The lowest BCUT2D eigenvalue weighted by Gasteiger charge is -2.28. The molecule has 1 aromatic heterocycles. The van der Waals surface area contributed by atoms with E-state index >= 15 is 0 Å². The third-order valence-corrected chi connectivity index (χ3v) is 7.61. The Bertz CT molecular complexity index is 1000. The maximum atomic E-state index is 13.3. The molecule has 0 aromatic carbocycles. The molecule has 1 aromatic rings. The molecule has 0 radical (unpaired) electrons. The standard InChI is InChI=1S/C25H40N6O6S/c1-14(2)11-16(21(32)30-9-5-7-18(30)23(34)35)26-13-20-28-25(38-29-20)27-17(12-15(3)4)22(33)31-10-6-8-19(31)24(36)37/h14-19,26H,5-13H2,1-4H3,(H,34,35)(H,36,37)(H,27,28,29)/t16-,17-,18-,19-/m0/s1. The molecule has 0 saturated carbocycles. The quantitative estimate of drug-likeness (QED) is 0.284. The third-order valence-electron chi connectivity index (χ3n) is 6.92. The molecule has 4 N–H and O–H groups in total. The highest BCUT2D eigenvalue weighted by molar-refractivity contribution is 7.09. The number of likely N-dealkylation sites (tertiary alicyclic amines) is 2. The van der Waals surface area contributed by atoms with Crippen molar-refractivity contribution in [3.05, 3.63) is 5.82 Å². The number of hydrogen-bond acceptors (Lipinski definition) is 9. The Hall–Kier alpha value is -2.80. The van der Waals surface area contributed by atoms with Gasteiger partial charge in [0.2, 0.25) is 16.9 Å². The van der Waals surface area contributed by atoms with Gasteiger partial charge in [-0.3, -0.25) is 14.9 Å². The van der Waals surface area contributed by atoms with Crippen LogP contribution in [0.4, 0.5) is 5.13 Å². The SMILES string of the molecule is CC(C)C[C@H](NCc1nsc(N[C@@H](CC(C)C)C(=O)N2CCC[C@H]2C(=O)O)n1)C(=O)N1CCC[C@H]1C(=O)O. The summed E-state index contributed by atoms with van der Waals surface area (Å²) < 4.78 is 4.37. The number of nitrogens with zero attached hydrogens (tertiary/aromatic N) is 4. The fraction of sp³-hybridized carbons (Fsp3) is 0.760. The minimum atomic E-state index is -0.988. The van der Waals surface area contributed by atoms with Crippen LogP contribution in [0.3, 0.4) is 0 Å². The smallest absolute Gasteiger partial charge is 0.326 e. The first-order chi connectivity index (χ1) is 18.0. The molecule has 0 spiro atoms. The first-order valence-corrected chi connectivity index (χ1v) is 14.1. The van der Waals surface area contributed by atoms with Crippen molar-refractivity contribution in [1.82, 2.24) is 24.5 Å². The van der Waals surface area contributed by atoms with E-state index in [-0.39, 0.29) is 30.2 Å². The topological polar surface area (TPSA) is 165 Å². The number of carbonyl (C=O) groups is 4. The van der Waals surface area contributed by atoms with E-state index < -0.39 is 36.1 Å². The van der Waals surface area contributed by atoms with E-state index in [9.17, 15) is 29.4 Å². The zero-order valence-corrected chi connectivity index (χ0v) is 23.4. The molecule has 212 valence electrons. The van der Waals surface area contributed by atoms with E-state index in [4.69, 9.17) is 0 Å². The molecule has 4 atom stereocenters. The van der Waals surface area contributed by atoms with Gasteiger partial charge < -0.3 is 25.3 Å². The van der Waals surface area contributed by atoms with E-state index in [0.29, 0.717) is 62.6 Å². The Morgan fingerprint density at radius 3 is 1.89 bits per heavy atom. The first-order valence-electron chi connectivity index (χ1n) is 13.4. The predicted octanol–water partition coefficient (Wildman–Crippen LogP) is 2.02. The van der Waals surface area contributed by atoms with Gasteiger partial charge >= 0.3 is 11.9 Å². The minimum absolute atomic E-state index is 0.194. The van der Waals surface area contributed by atoms with Crippen molar-refractivity contribution in [3.63, 3.8) is 0 Å². The Labute approximate surface area is 227 Å². The second-order valence-electron chi connectivity index (χ2n) is 11.0. The summed E-state index contributed by atoms with van der Waals surface area (Å²) in [6, 6.07) is -2.78. The van der Waals surface area contributed by atoms with Crippen molar-refractivity contribution >= 4 is 40.4 Å². The van der Waals surface area contributed by atoms with Crippen molar-refractivity contribution in [3.8, 4) is 0 Å². The van der Waals surface area contributed by atoms with Gasteiger partial charge in [-0.05, 0) is 50.4 Å². The van der Waals surface area contributed by atoms with Crippen molar-refractivity contribution in [2.24, 2.45) is 11.8 Å². The van der Waals surface area contributed by atoms with E-state index in [1.165, 1.54) is 9.80 Å². The molecule has 2 aliphatic heterocycles. The molecule has 0 aliphatic carbocycles. The predicted molar refractivity (Wildman–Crippen MR) is 142 cm³/mol. The van der Waals surface area contributed by atoms with Crippen LogP contribution in [0.2, 0.25) is 0 Å². The molecule has 3 heterocycles. The molecular weight excluding hydrogens is 512 g/mol. The number of aliphatic carboxylic acids is 2. The maximum Gasteiger partial charge on any atom is 0.326 e. The number of aromatic nitrogens is 2. The van der Waals surface area contributed by atoms with Crippen LogP contribution in [0.15, 0.2) is 0 Å². The summed E-state index contributed by atoms with van der Waals surface area (Å²) in [7, 11) is 0. The number of carboxylic acid groups (broad SMARTS) is 2. The van der Waals surface area contributed by atoms with Gasteiger partial charge in [-0.2, -0.15) is 4.37 Å². The molecule has 3 rings (SSSR count). The summed E-state index contributed by atoms with van der Waals surface area (Å²) in [6.07, 6.45) is 3.29. The van der Waals surface area contributed by atoms with E-state index in [1.807, 2.05) is 27.7 Å². The number of nitrogens with one attached hydrogen (secondary N) is 2. The number of carbonyl (C=O) groups excluding carboxylic acids is 2. The van der Waals surface area contributed by atoms with Crippen LogP contribution in [0.25, 0.3) is 0 Å². The summed E-state index contributed by atoms with van der Waals surface area (Å²) in [5.41, 5.74) is 0. The fourth-order valence-electron chi connectivity index (χ4n) is 5.16. The average Bonchev–Trinajstić information content (AvgIpc) is 3.60. The third kappa shape index (κ3) is 7.62. The van der Waals surface area contributed by atoms with Crippen LogP contribution in [0, 0.1) is 11.8 Å². The van der Waals surface area contributed by atoms with Crippen LogP contribution < -0.4 is 10.6 Å². The van der Waals surface area contributed by atoms with E-state index in [1.54, 1.807) is 0 Å². The molecule has 0 bridgehead atoms. The largest absolute Gasteiger partial charge is 0.480 e. The van der Waals surface area contributed by atoms with Crippen LogP contribution in [0.5, 0.6) is 0 Å². The van der Waals surface area contributed by atoms with Gasteiger partial charge in [0, 0.05) is 24.6 Å². The molecule has 2 fully saturated rings. The molecule has 2 saturated heterocycles. The molecule has 0 unspecified atom stereocenters. The minimum Gasteiger partial charge on any atom is -0.480 e. The number of amides is 2. The molecule has 38 heavy (non-hydrogen) atoms. The van der Waals surface area contributed by atoms with Gasteiger partial charge in [-0.15, -0.1) is 0 Å². The molecule has 12 nitrogen and oxygen atoms in total. The second-order valence-corrected chi connectivity index (χ2v) is 11.7. The molecule has 2 amide bonds. The Morgan fingerprint density at radius 2 is 1.39 bits per heavy atom. The van der Waals surface area contributed by atoms with Gasteiger partial charge in [0.05, 0.1) is 12.6 Å². The normalized spacial score (nSPS) is 21.2. The monoisotopic (exact) mass is 552 g/mol. The molecule has 2 aliphatic rings. The Morgan fingerprint density at radius 1 is 0.895 bits per heavy atom. The van der Waals surface area contributed by atoms with Gasteiger partial charge in [0.15, 0.2) is 5.82 Å². The molecule has 13 heteroatoms. The summed E-state index contributed by atoms with van der Waals surface area (Å²) in [5, 5.41) is 25.8. The van der Waals surface area contributed by atoms with Gasteiger partial charge in [0.1, 0.15) is 18.1 Å². The van der Waals surface area contributed by atoms with Crippen LogP contribution in [-0.4, -0.2) is 90.4 Å². The maximum absolute atomic E-state index is 13.3. The summed E-state index contributed by atoms with van der Waals surface area (Å²) >= 11 is 1.10. The highest BCUT2D eigenvalue weighted by Crippen LogP contribution is 2.24. The van der Waals surface area contributed by atoms with Crippen LogP contribution in [0.1, 0.15) is 72.0 Å². The first kappa shape index (κ1) is 29.8. The van der Waals surface area contributed by atoms with Gasteiger partial charge in [-0.1, -0.05) is 27.7 Å². The summed E-state index contributed by atoms with van der Waals surface area (Å²) in [6.45, 7) is 9.07. The zero-order chi connectivity index (χ0) is 28.0. The van der Waals surface area contributed by atoms with Crippen LogP contribution in [-0.2, 0) is 25.7 Å². The second kappa shape index (κ2) is 13.3. The van der Waals surface area contributed by atoms with E-state index in [2.05, 4.69) is 20.0 Å². The fourth-order valence-corrected chi connectivity index (χ4v) is 5.80. The lowest BCUT2D eigenvalue weighted by molar-refractivity contribution is -0.149. The van der Waals surface area contributed by atoms with Crippen molar-refractivity contribution in [2.75, 3.05) is 18.4 Å². The van der Waals surface area contributed by atoms with Gasteiger partial charge in [-0.25, -0.2) is 14.6 Å². The van der Waals surface area contributed by atoms with Gasteiger partial charge in [0.25, 0.3) is 0 Å². The Kier molecular flexibility index (Phi) is 10.4. The zero-order valence-electron chi connectivity index (χ0n) is 22.6. The van der Waals surface area contributed by atoms with Crippen LogP contribution >= 0.6 is 11.5 Å². The lowest BCUT2D eigenvalue weighted by atomic mass is 10.0. The lowest BCUT2D eigenvalue weighted by Crippen LogP contribution is -2.50. The molecular formula is C25H40N6O6S. The van der Waals surface area contributed by atoms with Crippen molar-refractivity contribution in [2.45, 2.75) is 96.9 Å². The highest BCUT2D eigenvalue weighted by Gasteiger charge is 2.38.